The number of hydrazine groups is 1. The van der Waals surface area contributed by atoms with Gasteiger partial charge in [0.25, 0.3) is 5.91 Å². The summed E-state index contributed by atoms with van der Waals surface area (Å²) in [6.07, 6.45) is -1.11. The zero-order valence-electron chi connectivity index (χ0n) is 18.6. The molecule has 34 heavy (non-hydrogen) atoms. The second kappa shape index (κ2) is 10.0. The molecule has 2 fully saturated rings. The summed E-state index contributed by atoms with van der Waals surface area (Å²) in [5.74, 6) is -1.45. The summed E-state index contributed by atoms with van der Waals surface area (Å²) in [5, 5.41) is 4.04. The first-order valence-corrected chi connectivity index (χ1v) is 10.9. The Morgan fingerprint density at radius 2 is 1.88 bits per heavy atom. The number of anilines is 2. The fraction of sp³-hybridized carbons (Fsp3) is 0.348. The van der Waals surface area contributed by atoms with Gasteiger partial charge >= 0.3 is 6.09 Å². The van der Waals surface area contributed by atoms with Crippen LogP contribution in [0.2, 0.25) is 0 Å². The highest BCUT2D eigenvalue weighted by molar-refractivity contribution is 5.94. The quantitative estimate of drug-likeness (QED) is 0.689. The van der Waals surface area contributed by atoms with E-state index in [-0.39, 0.29) is 24.9 Å². The smallest absolute Gasteiger partial charge is 0.414 e. The maximum Gasteiger partial charge on any atom is 0.414 e. The summed E-state index contributed by atoms with van der Waals surface area (Å²) >= 11 is 0. The summed E-state index contributed by atoms with van der Waals surface area (Å²) in [5.41, 5.74) is 4.09. The molecule has 0 saturated carbocycles. The number of carbonyl (C=O) groups is 3. The molecule has 11 heteroatoms. The summed E-state index contributed by atoms with van der Waals surface area (Å²) in [4.78, 5) is 39.1. The monoisotopic (exact) mass is 473 g/mol. The molecule has 2 aromatic carbocycles. The number of nitrogens with zero attached hydrogens (tertiary/aromatic N) is 3. The molecule has 2 heterocycles. The van der Waals surface area contributed by atoms with Crippen molar-refractivity contribution < 1.29 is 27.9 Å². The third-order valence-corrected chi connectivity index (χ3v) is 5.65. The number of hydrogen-bond donors (Lipinski definition) is 2. The lowest BCUT2D eigenvalue weighted by atomic mass is 10.2. The predicted molar refractivity (Wildman–Crippen MR) is 120 cm³/mol. The lowest BCUT2D eigenvalue weighted by Gasteiger charge is -2.24. The topological polar surface area (TPSA) is 94.2 Å². The third-order valence-electron chi connectivity index (χ3n) is 5.65. The average Bonchev–Trinajstić information content (AvgIpc) is 3.02. The van der Waals surface area contributed by atoms with Crippen molar-refractivity contribution in [3.05, 3.63) is 59.7 Å². The Kier molecular flexibility index (Phi) is 6.92. The lowest BCUT2D eigenvalue weighted by Crippen LogP contribution is -2.43. The van der Waals surface area contributed by atoms with Crippen molar-refractivity contribution in [1.29, 1.82) is 0 Å². The maximum atomic E-state index is 15.0. The summed E-state index contributed by atoms with van der Waals surface area (Å²) in [6.45, 7) is 3.28. The van der Waals surface area contributed by atoms with E-state index in [1.807, 2.05) is 4.90 Å². The van der Waals surface area contributed by atoms with E-state index in [1.165, 1.54) is 47.2 Å². The summed E-state index contributed by atoms with van der Waals surface area (Å²) in [6, 6.07) is 9.81. The minimum atomic E-state index is -0.601. The van der Waals surface area contributed by atoms with Gasteiger partial charge in [0.05, 0.1) is 31.0 Å². The number of cyclic esters (lactones) is 1. The first-order chi connectivity index (χ1) is 16.3. The molecule has 3 amide bonds. The third kappa shape index (κ3) is 5.25. The molecule has 180 valence electrons. The Hall–Kier alpha value is -3.73. The Bertz CT molecular complexity index is 1080. The van der Waals surface area contributed by atoms with Gasteiger partial charge in [0.2, 0.25) is 5.91 Å². The lowest BCUT2D eigenvalue weighted by molar-refractivity contribution is -0.119. The standard InChI is InChI=1S/C23H25F2N5O4/c1-15(31)26-13-19-14-29(23(33)34-19)18-6-7-21(20(25)12-18)28-9-8-27-30(11-10-28)22(32)16-2-4-17(24)5-3-16/h2-7,12,19,27H,8-11,13-14H2,1H3,(H,26,31)/t19-/m0/s1. The van der Waals surface area contributed by atoms with E-state index in [0.717, 1.165) is 0 Å². The van der Waals surface area contributed by atoms with E-state index in [0.29, 0.717) is 43.1 Å². The number of nitrogens with one attached hydrogen (secondary N) is 2. The maximum absolute atomic E-state index is 15.0. The van der Waals surface area contributed by atoms with Gasteiger partial charge in [0.15, 0.2) is 0 Å². The molecular formula is C23H25F2N5O4. The largest absolute Gasteiger partial charge is 0.442 e. The van der Waals surface area contributed by atoms with Gasteiger partial charge in [-0.05, 0) is 42.5 Å². The molecule has 2 aromatic rings. The number of rotatable bonds is 5. The van der Waals surface area contributed by atoms with Gasteiger partial charge in [-0.2, -0.15) is 0 Å². The SMILES string of the molecule is CC(=O)NC[C@H]1CN(c2ccc(N3CCNN(C(=O)c4ccc(F)cc4)CC3)c(F)c2)C(=O)O1. The van der Waals surface area contributed by atoms with Crippen molar-refractivity contribution in [3.63, 3.8) is 0 Å². The molecule has 0 unspecified atom stereocenters. The van der Waals surface area contributed by atoms with Crippen molar-refractivity contribution in [2.45, 2.75) is 13.0 Å². The van der Waals surface area contributed by atoms with E-state index in [9.17, 15) is 18.8 Å². The number of amides is 3. The van der Waals surface area contributed by atoms with Crippen LogP contribution in [0.4, 0.5) is 25.0 Å². The molecule has 0 aromatic heterocycles. The van der Waals surface area contributed by atoms with Crippen LogP contribution in [-0.2, 0) is 9.53 Å². The molecule has 2 aliphatic rings. The van der Waals surface area contributed by atoms with E-state index in [1.54, 1.807) is 12.1 Å². The normalized spacial score (nSPS) is 18.5. The molecule has 0 spiro atoms. The highest BCUT2D eigenvalue weighted by atomic mass is 19.1. The highest BCUT2D eigenvalue weighted by Gasteiger charge is 2.33. The molecule has 0 radical (unpaired) electrons. The van der Waals surface area contributed by atoms with Crippen molar-refractivity contribution in [2.24, 2.45) is 0 Å². The first kappa shape index (κ1) is 23.4. The molecule has 1 atom stereocenters. The fourth-order valence-electron chi connectivity index (χ4n) is 3.91. The van der Waals surface area contributed by atoms with Crippen LogP contribution < -0.4 is 20.5 Å². The van der Waals surface area contributed by atoms with Crippen LogP contribution in [0, 0.1) is 11.6 Å². The number of ether oxygens (including phenoxy) is 1. The number of halogens is 2. The predicted octanol–water partition coefficient (Wildman–Crippen LogP) is 1.89. The van der Waals surface area contributed by atoms with Crippen LogP contribution in [-0.4, -0.2) is 68.3 Å². The van der Waals surface area contributed by atoms with Gasteiger partial charge in [0, 0.05) is 32.1 Å². The number of hydrogen-bond acceptors (Lipinski definition) is 6. The van der Waals surface area contributed by atoms with Crippen LogP contribution in [0.3, 0.4) is 0 Å². The van der Waals surface area contributed by atoms with Crippen LogP contribution in [0.25, 0.3) is 0 Å². The zero-order valence-corrected chi connectivity index (χ0v) is 18.6. The zero-order chi connectivity index (χ0) is 24.2. The highest BCUT2D eigenvalue weighted by Crippen LogP contribution is 2.28. The fourth-order valence-corrected chi connectivity index (χ4v) is 3.91. The Labute approximate surface area is 195 Å². The molecule has 0 aliphatic carbocycles. The molecule has 9 nitrogen and oxygen atoms in total. The Morgan fingerprint density at radius 1 is 1.12 bits per heavy atom. The second-order valence-electron chi connectivity index (χ2n) is 8.05. The molecular weight excluding hydrogens is 448 g/mol. The van der Waals surface area contributed by atoms with Crippen molar-refractivity contribution in [2.75, 3.05) is 49.1 Å². The van der Waals surface area contributed by atoms with E-state index < -0.39 is 23.8 Å². The molecule has 2 saturated heterocycles. The van der Waals surface area contributed by atoms with E-state index in [4.69, 9.17) is 4.74 Å². The molecule has 0 bridgehead atoms. The van der Waals surface area contributed by atoms with Crippen LogP contribution in [0.1, 0.15) is 17.3 Å². The van der Waals surface area contributed by atoms with E-state index in [2.05, 4.69) is 10.7 Å². The minimum absolute atomic E-state index is 0.187. The van der Waals surface area contributed by atoms with Gasteiger partial charge in [-0.25, -0.2) is 19.0 Å². The molecule has 4 rings (SSSR count). The first-order valence-electron chi connectivity index (χ1n) is 10.9. The van der Waals surface area contributed by atoms with Crippen molar-refractivity contribution >= 4 is 29.3 Å². The minimum Gasteiger partial charge on any atom is -0.442 e. The van der Waals surface area contributed by atoms with Gasteiger partial charge in [-0.1, -0.05) is 0 Å². The van der Waals surface area contributed by atoms with Crippen LogP contribution in [0.5, 0.6) is 0 Å². The Balaban J connectivity index is 1.40. The molecule has 2 aliphatic heterocycles. The van der Waals surface area contributed by atoms with Crippen molar-refractivity contribution in [3.8, 4) is 0 Å². The van der Waals surface area contributed by atoms with Gasteiger partial charge in [0.1, 0.15) is 17.7 Å². The van der Waals surface area contributed by atoms with Gasteiger partial charge in [-0.15, -0.1) is 0 Å². The number of carbonyl (C=O) groups excluding carboxylic acids is 3. The van der Waals surface area contributed by atoms with E-state index >= 15 is 4.39 Å². The Morgan fingerprint density at radius 3 is 2.59 bits per heavy atom. The summed E-state index contributed by atoms with van der Waals surface area (Å²) < 4.78 is 33.4. The van der Waals surface area contributed by atoms with Crippen molar-refractivity contribution in [1.82, 2.24) is 15.8 Å². The van der Waals surface area contributed by atoms with Gasteiger partial charge < -0.3 is 15.0 Å². The summed E-state index contributed by atoms with van der Waals surface area (Å²) in [7, 11) is 0. The average molecular weight is 473 g/mol. The second-order valence-corrected chi connectivity index (χ2v) is 8.05. The molecule has 2 N–H and O–H groups in total. The van der Waals surface area contributed by atoms with Gasteiger partial charge in [-0.3, -0.25) is 19.5 Å². The van der Waals surface area contributed by atoms with Crippen LogP contribution in [0.15, 0.2) is 42.5 Å². The van der Waals surface area contributed by atoms with Crippen LogP contribution >= 0.6 is 0 Å². The number of benzene rings is 2.